The summed E-state index contributed by atoms with van der Waals surface area (Å²) in [7, 11) is 3.68. The Labute approximate surface area is 190 Å². The Morgan fingerprint density at radius 1 is 1.12 bits per heavy atom. The number of hydrogen-bond donors (Lipinski definition) is 2. The van der Waals surface area contributed by atoms with Crippen LogP contribution in [-0.4, -0.2) is 40.0 Å². The first-order valence-corrected chi connectivity index (χ1v) is 11.9. The zero-order valence-electron chi connectivity index (χ0n) is 19.6. The lowest BCUT2D eigenvalue weighted by Crippen LogP contribution is -2.42. The van der Waals surface area contributed by atoms with Gasteiger partial charge in [-0.3, -0.25) is 0 Å². The number of hydrogen-bond acceptors (Lipinski definition) is 5. The molecule has 2 aliphatic carbocycles. The van der Waals surface area contributed by atoms with Crippen molar-refractivity contribution < 1.29 is 9.47 Å². The van der Waals surface area contributed by atoms with Gasteiger partial charge in [-0.15, -0.1) is 10.2 Å². The Hall–Kier alpha value is -2.77. The van der Waals surface area contributed by atoms with Crippen LogP contribution in [0.15, 0.2) is 23.2 Å². The lowest BCUT2D eigenvalue weighted by atomic mass is 10.1. The Balaban J connectivity index is 1.51. The van der Waals surface area contributed by atoms with Crippen molar-refractivity contribution in [1.29, 1.82) is 0 Å². The van der Waals surface area contributed by atoms with Crippen LogP contribution >= 0.6 is 0 Å². The molecule has 0 unspecified atom stereocenters. The number of aromatic nitrogens is 3. The molecule has 8 nitrogen and oxygen atoms in total. The standard InChI is InChI=1S/C24H36N6O2/c1-17-28-29-22(30(17)2)16-26-24(27-19-10-4-5-11-19)25-15-18-9-8-14-21(31-3)23(18)32-20-12-6-7-13-20/h8-9,14,19-20H,4-7,10-13,15-16H2,1-3H3,(H2,25,26,27). The van der Waals surface area contributed by atoms with E-state index in [1.165, 1.54) is 38.5 Å². The van der Waals surface area contributed by atoms with Crippen molar-refractivity contribution in [2.45, 2.75) is 83.5 Å². The Morgan fingerprint density at radius 2 is 1.88 bits per heavy atom. The van der Waals surface area contributed by atoms with Crippen molar-refractivity contribution in [1.82, 2.24) is 25.4 Å². The van der Waals surface area contributed by atoms with Crippen LogP contribution < -0.4 is 20.1 Å². The highest BCUT2D eigenvalue weighted by atomic mass is 16.5. The normalized spacial score (nSPS) is 17.7. The molecule has 32 heavy (non-hydrogen) atoms. The fourth-order valence-electron chi connectivity index (χ4n) is 4.50. The first-order chi connectivity index (χ1) is 15.6. The van der Waals surface area contributed by atoms with E-state index in [0.717, 1.165) is 47.5 Å². The summed E-state index contributed by atoms with van der Waals surface area (Å²) >= 11 is 0. The molecular weight excluding hydrogens is 404 g/mol. The smallest absolute Gasteiger partial charge is 0.192 e. The van der Waals surface area contributed by atoms with E-state index in [9.17, 15) is 0 Å². The molecule has 1 aromatic carbocycles. The predicted molar refractivity (Wildman–Crippen MR) is 125 cm³/mol. The topological polar surface area (TPSA) is 85.6 Å². The van der Waals surface area contributed by atoms with Gasteiger partial charge in [0.05, 0.1) is 26.3 Å². The maximum absolute atomic E-state index is 6.39. The maximum atomic E-state index is 6.39. The fraction of sp³-hybridized carbons (Fsp3) is 0.625. The van der Waals surface area contributed by atoms with E-state index in [1.807, 2.05) is 30.7 Å². The quantitative estimate of drug-likeness (QED) is 0.482. The number of nitrogens with one attached hydrogen (secondary N) is 2. The first-order valence-electron chi connectivity index (χ1n) is 11.9. The second-order valence-corrected chi connectivity index (χ2v) is 8.84. The zero-order chi connectivity index (χ0) is 22.3. The molecule has 174 valence electrons. The van der Waals surface area contributed by atoms with Gasteiger partial charge in [0.2, 0.25) is 0 Å². The molecule has 0 saturated heterocycles. The molecule has 2 N–H and O–H groups in total. The van der Waals surface area contributed by atoms with Crippen LogP contribution in [0.3, 0.4) is 0 Å². The van der Waals surface area contributed by atoms with Crippen LogP contribution in [0.5, 0.6) is 11.5 Å². The third kappa shape index (κ3) is 5.53. The summed E-state index contributed by atoms with van der Waals surface area (Å²) in [5.74, 6) is 4.18. The fourth-order valence-corrected chi connectivity index (χ4v) is 4.50. The molecule has 2 aromatic rings. The van der Waals surface area contributed by atoms with Gasteiger partial charge in [0, 0.05) is 18.7 Å². The number of ether oxygens (including phenoxy) is 2. The van der Waals surface area contributed by atoms with Crippen molar-refractivity contribution in [2.24, 2.45) is 12.0 Å². The molecule has 8 heteroatoms. The molecular formula is C24H36N6O2. The number of benzene rings is 1. The Kier molecular flexibility index (Phi) is 7.50. The number of nitrogens with zero attached hydrogens (tertiary/aromatic N) is 4. The van der Waals surface area contributed by atoms with Crippen LogP contribution in [0.2, 0.25) is 0 Å². The minimum Gasteiger partial charge on any atom is -0.493 e. The summed E-state index contributed by atoms with van der Waals surface area (Å²) in [6.07, 6.45) is 9.83. The number of rotatable bonds is 8. The minimum atomic E-state index is 0.266. The second kappa shape index (κ2) is 10.7. The van der Waals surface area contributed by atoms with Gasteiger partial charge < -0.3 is 24.7 Å². The molecule has 2 fully saturated rings. The lowest BCUT2D eigenvalue weighted by molar-refractivity contribution is 0.198. The van der Waals surface area contributed by atoms with Crippen molar-refractivity contribution in [3.63, 3.8) is 0 Å². The van der Waals surface area contributed by atoms with Crippen molar-refractivity contribution >= 4 is 5.96 Å². The van der Waals surface area contributed by atoms with Crippen LogP contribution in [0.1, 0.15) is 68.6 Å². The monoisotopic (exact) mass is 440 g/mol. The molecule has 2 saturated carbocycles. The van der Waals surface area contributed by atoms with Crippen molar-refractivity contribution in [3.8, 4) is 11.5 Å². The molecule has 1 heterocycles. The van der Waals surface area contributed by atoms with E-state index in [2.05, 4.69) is 26.9 Å². The van der Waals surface area contributed by atoms with E-state index in [4.69, 9.17) is 14.5 Å². The van der Waals surface area contributed by atoms with Crippen LogP contribution in [-0.2, 0) is 20.1 Å². The molecule has 0 atom stereocenters. The highest BCUT2D eigenvalue weighted by molar-refractivity contribution is 5.80. The molecule has 0 bridgehead atoms. The number of para-hydroxylation sites is 1. The van der Waals surface area contributed by atoms with Gasteiger partial charge in [-0.05, 0) is 51.5 Å². The van der Waals surface area contributed by atoms with E-state index in [0.29, 0.717) is 19.1 Å². The van der Waals surface area contributed by atoms with E-state index >= 15 is 0 Å². The largest absolute Gasteiger partial charge is 0.493 e. The van der Waals surface area contributed by atoms with Crippen LogP contribution in [0.25, 0.3) is 0 Å². The van der Waals surface area contributed by atoms with E-state index in [-0.39, 0.29) is 6.10 Å². The molecule has 1 aromatic heterocycles. The average molecular weight is 441 g/mol. The summed E-state index contributed by atoms with van der Waals surface area (Å²) in [6, 6.07) is 6.51. The summed E-state index contributed by atoms with van der Waals surface area (Å²) in [5, 5.41) is 15.5. The molecule has 4 rings (SSSR count). The third-order valence-electron chi connectivity index (χ3n) is 6.57. The van der Waals surface area contributed by atoms with Crippen molar-refractivity contribution in [3.05, 3.63) is 35.4 Å². The molecule has 0 radical (unpaired) electrons. The minimum absolute atomic E-state index is 0.266. The van der Waals surface area contributed by atoms with E-state index in [1.54, 1.807) is 7.11 Å². The highest BCUT2D eigenvalue weighted by Crippen LogP contribution is 2.35. The van der Waals surface area contributed by atoms with Gasteiger partial charge >= 0.3 is 0 Å². The van der Waals surface area contributed by atoms with Crippen molar-refractivity contribution in [2.75, 3.05) is 7.11 Å². The van der Waals surface area contributed by atoms with Gasteiger partial charge in [0.25, 0.3) is 0 Å². The van der Waals surface area contributed by atoms with Gasteiger partial charge in [0.15, 0.2) is 23.3 Å². The molecule has 2 aliphatic rings. The maximum Gasteiger partial charge on any atom is 0.192 e. The Bertz CT molecular complexity index is 913. The lowest BCUT2D eigenvalue weighted by Gasteiger charge is -2.20. The number of aryl methyl sites for hydroxylation is 1. The number of methoxy groups -OCH3 is 1. The zero-order valence-corrected chi connectivity index (χ0v) is 19.6. The highest BCUT2D eigenvalue weighted by Gasteiger charge is 2.21. The van der Waals surface area contributed by atoms with Gasteiger partial charge in [0.1, 0.15) is 5.82 Å². The summed E-state index contributed by atoms with van der Waals surface area (Å²) < 4.78 is 14.0. The molecule has 0 aliphatic heterocycles. The predicted octanol–water partition coefficient (Wildman–Crippen LogP) is 3.63. The summed E-state index contributed by atoms with van der Waals surface area (Å²) in [5.41, 5.74) is 1.04. The summed E-state index contributed by atoms with van der Waals surface area (Å²) in [4.78, 5) is 4.92. The third-order valence-corrected chi connectivity index (χ3v) is 6.57. The molecule has 0 amide bonds. The van der Waals surface area contributed by atoms with E-state index < -0.39 is 0 Å². The number of guanidine groups is 1. The average Bonchev–Trinajstić information content (AvgIpc) is 3.56. The van der Waals surface area contributed by atoms with Gasteiger partial charge in [-0.2, -0.15) is 0 Å². The number of aliphatic imine (C=N–C) groups is 1. The van der Waals surface area contributed by atoms with Gasteiger partial charge in [-0.25, -0.2) is 4.99 Å². The Morgan fingerprint density at radius 3 is 2.56 bits per heavy atom. The summed E-state index contributed by atoms with van der Waals surface area (Å²) in [6.45, 7) is 3.04. The second-order valence-electron chi connectivity index (χ2n) is 8.84. The SMILES string of the molecule is COc1cccc(CN=C(NCc2nnc(C)n2C)NC2CCCC2)c1OC1CCCC1. The molecule has 0 spiro atoms. The van der Waals surface area contributed by atoms with Crippen LogP contribution in [0.4, 0.5) is 0 Å². The first kappa shape index (κ1) is 22.4. The van der Waals surface area contributed by atoms with Crippen LogP contribution in [0, 0.1) is 6.92 Å². The van der Waals surface area contributed by atoms with Gasteiger partial charge in [-0.1, -0.05) is 25.0 Å².